The van der Waals surface area contributed by atoms with Gasteiger partial charge in [-0.3, -0.25) is 0 Å². The van der Waals surface area contributed by atoms with E-state index in [4.69, 9.17) is 5.73 Å². The predicted octanol–water partition coefficient (Wildman–Crippen LogP) is 2.20. The molecule has 0 atom stereocenters. The molecule has 0 aromatic carbocycles. The second kappa shape index (κ2) is 5.59. The van der Waals surface area contributed by atoms with E-state index in [0.717, 1.165) is 13.0 Å². The van der Waals surface area contributed by atoms with Gasteiger partial charge in [0.15, 0.2) is 0 Å². The van der Waals surface area contributed by atoms with Gasteiger partial charge in [0, 0.05) is 12.6 Å². The molecule has 0 spiro atoms. The second-order valence-corrected chi connectivity index (χ2v) is 3.54. The maximum atomic E-state index is 5.55. The number of halogens is 1. The lowest BCUT2D eigenvalue weighted by atomic mass is 10.4. The summed E-state index contributed by atoms with van der Waals surface area (Å²) in [5.74, 6) is 1.02. The molecule has 1 heterocycles. The van der Waals surface area contributed by atoms with Crippen molar-refractivity contribution in [2.75, 3.05) is 17.6 Å². The van der Waals surface area contributed by atoms with Crippen LogP contribution in [0.2, 0.25) is 0 Å². The molecule has 4 nitrogen and oxygen atoms in total. The van der Waals surface area contributed by atoms with Crippen LogP contribution >= 0.6 is 15.9 Å². The average Bonchev–Trinajstić information content (AvgIpc) is 2.11. The maximum absolute atomic E-state index is 5.55. The fraction of sp³-hybridized carbons (Fsp3) is 0.333. The van der Waals surface area contributed by atoms with Crippen molar-refractivity contribution in [3.8, 4) is 0 Å². The molecule has 14 heavy (non-hydrogen) atoms. The van der Waals surface area contributed by atoms with Crippen LogP contribution in [0.25, 0.3) is 0 Å². The third-order valence-electron chi connectivity index (χ3n) is 1.54. The van der Waals surface area contributed by atoms with Gasteiger partial charge in [-0.15, -0.1) is 0 Å². The van der Waals surface area contributed by atoms with E-state index in [2.05, 4.69) is 37.3 Å². The Morgan fingerprint density at radius 3 is 3.00 bits per heavy atom. The van der Waals surface area contributed by atoms with Gasteiger partial charge in [-0.1, -0.05) is 12.2 Å². The minimum atomic E-state index is 0.459. The van der Waals surface area contributed by atoms with Crippen molar-refractivity contribution in [1.29, 1.82) is 0 Å². The highest BCUT2D eigenvalue weighted by Crippen LogP contribution is 2.11. The van der Waals surface area contributed by atoms with Crippen LogP contribution in [-0.4, -0.2) is 16.5 Å². The molecule has 0 unspecified atom stereocenters. The van der Waals surface area contributed by atoms with Crippen molar-refractivity contribution in [2.24, 2.45) is 0 Å². The minimum absolute atomic E-state index is 0.459. The smallest absolute Gasteiger partial charge is 0.225 e. The molecule has 0 aliphatic heterocycles. The zero-order valence-electron chi connectivity index (χ0n) is 8.00. The molecular formula is C9H13BrN4. The van der Waals surface area contributed by atoms with Crippen LogP contribution in [0.3, 0.4) is 0 Å². The second-order valence-electron chi connectivity index (χ2n) is 2.72. The first kappa shape index (κ1) is 11.0. The number of hydrogen-bond donors (Lipinski definition) is 2. The first-order valence-corrected chi connectivity index (χ1v) is 5.16. The number of nitrogen functional groups attached to an aromatic ring is 1. The maximum Gasteiger partial charge on any atom is 0.225 e. The lowest BCUT2D eigenvalue weighted by molar-refractivity contribution is 1.01. The van der Waals surface area contributed by atoms with Crippen LogP contribution in [0.15, 0.2) is 22.8 Å². The zero-order chi connectivity index (χ0) is 10.4. The number of aromatic nitrogens is 2. The van der Waals surface area contributed by atoms with Gasteiger partial charge in [-0.2, -0.15) is 4.98 Å². The van der Waals surface area contributed by atoms with E-state index in [9.17, 15) is 0 Å². The van der Waals surface area contributed by atoms with Gasteiger partial charge in [0.1, 0.15) is 10.4 Å². The van der Waals surface area contributed by atoms with Gasteiger partial charge in [-0.05, 0) is 29.3 Å². The van der Waals surface area contributed by atoms with Crippen molar-refractivity contribution in [2.45, 2.75) is 13.3 Å². The van der Waals surface area contributed by atoms with E-state index in [1.807, 2.05) is 13.0 Å². The van der Waals surface area contributed by atoms with Crippen LogP contribution in [0.4, 0.5) is 11.8 Å². The van der Waals surface area contributed by atoms with E-state index in [-0.39, 0.29) is 0 Å². The Morgan fingerprint density at radius 2 is 2.36 bits per heavy atom. The molecule has 0 saturated heterocycles. The van der Waals surface area contributed by atoms with Crippen LogP contribution in [0.1, 0.15) is 13.3 Å². The highest BCUT2D eigenvalue weighted by molar-refractivity contribution is 9.10. The Bertz CT molecular complexity index is 304. The molecule has 0 bridgehead atoms. The van der Waals surface area contributed by atoms with Crippen molar-refractivity contribution >= 4 is 27.7 Å². The molecule has 1 aromatic heterocycles. The third kappa shape index (κ3) is 3.74. The molecule has 0 saturated carbocycles. The standard InChI is InChI=1S/C9H13BrN4/c1-2-3-4-5-12-9-13-7(10)6-8(11)14-9/h2-3,6H,4-5H2,1H3,(H3,11,12,13,14)/b3-2+. The van der Waals surface area contributed by atoms with E-state index in [1.165, 1.54) is 0 Å². The number of nitrogens with two attached hydrogens (primary N) is 1. The number of allylic oxidation sites excluding steroid dienone is 1. The van der Waals surface area contributed by atoms with Gasteiger partial charge in [-0.25, -0.2) is 4.98 Å². The Balaban J connectivity index is 2.50. The number of hydrogen-bond acceptors (Lipinski definition) is 4. The van der Waals surface area contributed by atoms with Crippen molar-refractivity contribution in [1.82, 2.24) is 9.97 Å². The Labute approximate surface area is 91.8 Å². The number of nitrogens with one attached hydrogen (secondary N) is 1. The van der Waals surface area contributed by atoms with Crippen molar-refractivity contribution in [3.05, 3.63) is 22.8 Å². The highest BCUT2D eigenvalue weighted by atomic mass is 79.9. The summed E-state index contributed by atoms with van der Waals surface area (Å²) < 4.78 is 0.693. The van der Waals surface area contributed by atoms with Gasteiger partial charge in [0.2, 0.25) is 5.95 Å². The third-order valence-corrected chi connectivity index (χ3v) is 1.95. The van der Waals surface area contributed by atoms with Gasteiger partial charge >= 0.3 is 0 Å². The summed E-state index contributed by atoms with van der Waals surface area (Å²) in [5.41, 5.74) is 5.55. The zero-order valence-corrected chi connectivity index (χ0v) is 9.58. The molecule has 5 heteroatoms. The van der Waals surface area contributed by atoms with E-state index < -0.39 is 0 Å². The largest absolute Gasteiger partial charge is 0.383 e. The predicted molar refractivity (Wildman–Crippen MR) is 62.1 cm³/mol. The van der Waals surface area contributed by atoms with Gasteiger partial charge in [0.25, 0.3) is 0 Å². The first-order valence-electron chi connectivity index (χ1n) is 4.37. The first-order chi connectivity index (χ1) is 6.72. The summed E-state index contributed by atoms with van der Waals surface area (Å²) in [5, 5.41) is 3.08. The molecule has 0 radical (unpaired) electrons. The highest BCUT2D eigenvalue weighted by Gasteiger charge is 1.98. The fourth-order valence-electron chi connectivity index (χ4n) is 0.948. The molecule has 1 rings (SSSR count). The molecule has 0 aliphatic rings. The van der Waals surface area contributed by atoms with Crippen molar-refractivity contribution in [3.63, 3.8) is 0 Å². The Morgan fingerprint density at radius 1 is 1.57 bits per heavy atom. The molecule has 0 fully saturated rings. The summed E-state index contributed by atoms with van der Waals surface area (Å²) >= 11 is 3.25. The lowest BCUT2D eigenvalue weighted by Gasteiger charge is -2.03. The Kier molecular flexibility index (Phi) is 4.39. The molecule has 3 N–H and O–H groups in total. The Hall–Kier alpha value is -1.10. The van der Waals surface area contributed by atoms with Crippen LogP contribution in [0.5, 0.6) is 0 Å². The minimum Gasteiger partial charge on any atom is -0.383 e. The van der Waals surface area contributed by atoms with Crippen LogP contribution in [0, 0.1) is 0 Å². The van der Waals surface area contributed by atoms with Crippen LogP contribution < -0.4 is 11.1 Å². The molecular weight excluding hydrogens is 244 g/mol. The monoisotopic (exact) mass is 256 g/mol. The van der Waals surface area contributed by atoms with Crippen LogP contribution in [-0.2, 0) is 0 Å². The topological polar surface area (TPSA) is 63.8 Å². The van der Waals surface area contributed by atoms with E-state index in [1.54, 1.807) is 6.07 Å². The average molecular weight is 257 g/mol. The van der Waals surface area contributed by atoms with Gasteiger partial charge < -0.3 is 11.1 Å². The molecule has 76 valence electrons. The summed E-state index contributed by atoms with van der Waals surface area (Å²) in [7, 11) is 0. The van der Waals surface area contributed by atoms with Crippen molar-refractivity contribution < 1.29 is 0 Å². The summed E-state index contributed by atoms with van der Waals surface area (Å²) in [6.07, 6.45) is 5.04. The summed E-state index contributed by atoms with van der Waals surface area (Å²) in [4.78, 5) is 8.16. The fourth-order valence-corrected chi connectivity index (χ4v) is 1.35. The summed E-state index contributed by atoms with van der Waals surface area (Å²) in [6, 6.07) is 1.66. The van der Waals surface area contributed by atoms with E-state index in [0.29, 0.717) is 16.4 Å². The molecule has 0 amide bonds. The molecule has 1 aromatic rings. The quantitative estimate of drug-likeness (QED) is 0.493. The normalized spacial score (nSPS) is 10.7. The molecule has 0 aliphatic carbocycles. The van der Waals surface area contributed by atoms with E-state index >= 15 is 0 Å². The number of anilines is 2. The number of nitrogens with zero attached hydrogens (tertiary/aromatic N) is 2. The number of rotatable bonds is 4. The SMILES string of the molecule is C/C=C/CCNc1nc(N)cc(Br)n1. The summed E-state index contributed by atoms with van der Waals surface area (Å²) in [6.45, 7) is 2.80. The lowest BCUT2D eigenvalue weighted by Crippen LogP contribution is -2.06. The van der Waals surface area contributed by atoms with Gasteiger partial charge in [0.05, 0.1) is 0 Å².